The van der Waals surface area contributed by atoms with Gasteiger partial charge in [0, 0.05) is 17.7 Å². The Morgan fingerprint density at radius 1 is 1.20 bits per heavy atom. The van der Waals surface area contributed by atoms with Gasteiger partial charge in [-0.15, -0.1) is 0 Å². The number of hydrogen-bond donors (Lipinski definition) is 1. The van der Waals surface area contributed by atoms with Crippen LogP contribution in [-0.2, 0) is 0 Å². The number of aromatic nitrogens is 3. The Balaban J connectivity index is 1.76. The molecular weight excluding hydrogens is 378 g/mol. The van der Waals surface area contributed by atoms with Crippen molar-refractivity contribution in [2.24, 2.45) is 0 Å². The molecule has 4 rings (SSSR count). The molecule has 1 N–H and O–H groups in total. The summed E-state index contributed by atoms with van der Waals surface area (Å²) in [5.74, 6) is 1.00. The van der Waals surface area contributed by atoms with Gasteiger partial charge in [-0.2, -0.15) is 9.61 Å². The molecule has 5 nitrogen and oxygen atoms in total. The van der Waals surface area contributed by atoms with Crippen LogP contribution in [0.15, 0.2) is 41.0 Å². The Labute approximate surface area is 156 Å². The fourth-order valence-electron chi connectivity index (χ4n) is 3.40. The maximum atomic E-state index is 4.84. The number of hydrogen-bond acceptors (Lipinski definition) is 4. The molecule has 1 aliphatic rings. The molecule has 0 radical (unpaired) electrons. The molecule has 3 heterocycles. The van der Waals surface area contributed by atoms with Gasteiger partial charge in [0.05, 0.1) is 16.4 Å². The Morgan fingerprint density at radius 3 is 2.72 bits per heavy atom. The second-order valence-corrected chi connectivity index (χ2v) is 7.65. The third-order valence-corrected chi connectivity index (χ3v) is 5.48. The van der Waals surface area contributed by atoms with E-state index in [2.05, 4.69) is 75.5 Å². The van der Waals surface area contributed by atoms with E-state index in [0.29, 0.717) is 6.04 Å². The van der Waals surface area contributed by atoms with Crippen molar-refractivity contribution in [3.8, 4) is 11.3 Å². The summed E-state index contributed by atoms with van der Waals surface area (Å²) in [6.07, 6.45) is 4.09. The molecule has 1 aromatic carbocycles. The van der Waals surface area contributed by atoms with Gasteiger partial charge in [0.25, 0.3) is 0 Å². The van der Waals surface area contributed by atoms with E-state index in [1.54, 1.807) is 0 Å². The summed E-state index contributed by atoms with van der Waals surface area (Å²) >= 11 is 3.58. The summed E-state index contributed by atoms with van der Waals surface area (Å²) < 4.78 is 2.80. The first-order valence-corrected chi connectivity index (χ1v) is 9.46. The summed E-state index contributed by atoms with van der Waals surface area (Å²) in [5.41, 5.74) is 4.20. The second kappa shape index (κ2) is 6.77. The van der Waals surface area contributed by atoms with Crippen LogP contribution in [0.2, 0.25) is 0 Å². The zero-order valence-electron chi connectivity index (χ0n) is 14.5. The summed E-state index contributed by atoms with van der Waals surface area (Å²) in [5, 5.41) is 8.19. The lowest BCUT2D eigenvalue weighted by Gasteiger charge is -2.30. The lowest BCUT2D eigenvalue weighted by Crippen LogP contribution is -2.37. The molecule has 0 unspecified atom stereocenters. The number of benzene rings is 1. The van der Waals surface area contributed by atoms with Crippen LogP contribution in [0.1, 0.15) is 18.4 Å². The molecule has 1 fully saturated rings. The van der Waals surface area contributed by atoms with Gasteiger partial charge in [0.2, 0.25) is 0 Å². The van der Waals surface area contributed by atoms with Gasteiger partial charge in [-0.05, 0) is 61.4 Å². The lowest BCUT2D eigenvalue weighted by atomic mass is 10.0. The molecule has 2 aromatic heterocycles. The lowest BCUT2D eigenvalue weighted by molar-refractivity contribution is 0.263. The van der Waals surface area contributed by atoms with Crippen molar-refractivity contribution in [3.63, 3.8) is 0 Å². The predicted molar refractivity (Wildman–Crippen MR) is 105 cm³/mol. The van der Waals surface area contributed by atoms with E-state index >= 15 is 0 Å². The van der Waals surface area contributed by atoms with Gasteiger partial charge in [0.15, 0.2) is 5.65 Å². The molecule has 0 saturated carbocycles. The highest BCUT2D eigenvalue weighted by Gasteiger charge is 2.19. The molecule has 6 heteroatoms. The predicted octanol–water partition coefficient (Wildman–Crippen LogP) is 3.97. The third-order valence-electron chi connectivity index (χ3n) is 4.92. The van der Waals surface area contributed by atoms with Crippen LogP contribution in [0.5, 0.6) is 0 Å². The molecule has 130 valence electrons. The zero-order valence-corrected chi connectivity index (χ0v) is 16.1. The number of likely N-dealkylation sites (tertiary alicyclic amines) is 1. The van der Waals surface area contributed by atoms with Gasteiger partial charge in [0.1, 0.15) is 5.82 Å². The maximum Gasteiger partial charge on any atom is 0.172 e. The van der Waals surface area contributed by atoms with E-state index in [0.717, 1.165) is 53.1 Å². The number of anilines is 1. The largest absolute Gasteiger partial charge is 0.367 e. The minimum Gasteiger partial charge on any atom is -0.367 e. The maximum absolute atomic E-state index is 4.84. The first-order chi connectivity index (χ1) is 12.1. The van der Waals surface area contributed by atoms with E-state index in [9.17, 15) is 0 Å². The monoisotopic (exact) mass is 399 g/mol. The minimum absolute atomic E-state index is 0.467. The molecule has 0 aliphatic carbocycles. The fourth-order valence-corrected chi connectivity index (χ4v) is 3.75. The summed E-state index contributed by atoms with van der Waals surface area (Å²) in [7, 11) is 2.18. The second-order valence-electron chi connectivity index (χ2n) is 6.79. The van der Waals surface area contributed by atoms with Crippen molar-refractivity contribution in [1.29, 1.82) is 0 Å². The number of rotatable bonds is 3. The van der Waals surface area contributed by atoms with E-state index in [1.165, 1.54) is 5.56 Å². The van der Waals surface area contributed by atoms with Crippen molar-refractivity contribution in [2.75, 3.05) is 25.5 Å². The molecule has 1 aliphatic heterocycles. The first-order valence-electron chi connectivity index (χ1n) is 8.67. The molecule has 0 amide bonds. The van der Waals surface area contributed by atoms with Gasteiger partial charge in [-0.1, -0.05) is 24.3 Å². The van der Waals surface area contributed by atoms with E-state index in [4.69, 9.17) is 4.98 Å². The van der Waals surface area contributed by atoms with Gasteiger partial charge < -0.3 is 10.2 Å². The standard InChI is InChI=1S/C19H22BrN5/c1-13-5-3-4-6-15(13)17-11-18(22-14-7-9-24(2)10-8-14)25-19(23-17)16(20)12-21-25/h3-6,11-12,14,22H,7-10H2,1-2H3. The Morgan fingerprint density at radius 2 is 1.96 bits per heavy atom. The van der Waals surface area contributed by atoms with E-state index < -0.39 is 0 Å². The smallest absolute Gasteiger partial charge is 0.172 e. The number of halogens is 1. The van der Waals surface area contributed by atoms with E-state index in [-0.39, 0.29) is 0 Å². The summed E-state index contributed by atoms with van der Waals surface area (Å²) in [6, 6.07) is 10.9. The van der Waals surface area contributed by atoms with Gasteiger partial charge in [-0.25, -0.2) is 4.98 Å². The molecule has 1 saturated heterocycles. The van der Waals surface area contributed by atoms with Gasteiger partial charge in [-0.3, -0.25) is 0 Å². The Bertz CT molecular complexity index is 896. The SMILES string of the molecule is Cc1ccccc1-c1cc(NC2CCN(C)CC2)n2ncc(Br)c2n1. The van der Waals surface area contributed by atoms with Crippen LogP contribution in [-0.4, -0.2) is 45.7 Å². The first kappa shape index (κ1) is 16.5. The van der Waals surface area contributed by atoms with Crippen molar-refractivity contribution < 1.29 is 0 Å². The topological polar surface area (TPSA) is 45.5 Å². The summed E-state index contributed by atoms with van der Waals surface area (Å²) in [4.78, 5) is 7.22. The number of nitrogens with one attached hydrogen (secondary N) is 1. The van der Waals surface area contributed by atoms with Crippen LogP contribution < -0.4 is 5.32 Å². The average Bonchev–Trinajstić information content (AvgIpc) is 2.99. The van der Waals surface area contributed by atoms with Crippen molar-refractivity contribution >= 4 is 27.4 Å². The van der Waals surface area contributed by atoms with Crippen molar-refractivity contribution in [3.05, 3.63) is 46.6 Å². The average molecular weight is 400 g/mol. The van der Waals surface area contributed by atoms with Gasteiger partial charge >= 0.3 is 0 Å². The highest BCUT2D eigenvalue weighted by atomic mass is 79.9. The highest BCUT2D eigenvalue weighted by molar-refractivity contribution is 9.10. The molecule has 0 atom stereocenters. The molecule has 3 aromatic rings. The fraction of sp³-hybridized carbons (Fsp3) is 0.368. The van der Waals surface area contributed by atoms with Crippen LogP contribution in [0.3, 0.4) is 0 Å². The molecule has 0 bridgehead atoms. The zero-order chi connectivity index (χ0) is 17.4. The minimum atomic E-state index is 0.467. The highest BCUT2D eigenvalue weighted by Crippen LogP contribution is 2.28. The molecular formula is C19H22BrN5. The van der Waals surface area contributed by atoms with E-state index in [1.807, 2.05) is 10.7 Å². The van der Waals surface area contributed by atoms with Crippen LogP contribution in [0.25, 0.3) is 16.9 Å². The normalized spacial score (nSPS) is 16.4. The number of nitrogens with zero attached hydrogens (tertiary/aromatic N) is 4. The number of aryl methyl sites for hydroxylation is 1. The molecule has 0 spiro atoms. The quantitative estimate of drug-likeness (QED) is 0.723. The van der Waals surface area contributed by atoms with Crippen LogP contribution in [0, 0.1) is 6.92 Å². The third kappa shape index (κ3) is 3.28. The van der Waals surface area contributed by atoms with Crippen LogP contribution >= 0.6 is 15.9 Å². The Kier molecular flexibility index (Phi) is 4.48. The van der Waals surface area contributed by atoms with Crippen molar-refractivity contribution in [2.45, 2.75) is 25.8 Å². The van der Waals surface area contributed by atoms with Crippen LogP contribution in [0.4, 0.5) is 5.82 Å². The molecule has 25 heavy (non-hydrogen) atoms. The number of fused-ring (bicyclic) bond motifs is 1. The summed E-state index contributed by atoms with van der Waals surface area (Å²) in [6.45, 7) is 4.37. The number of piperidine rings is 1. The Hall–Kier alpha value is -1.92. The van der Waals surface area contributed by atoms with Crippen molar-refractivity contribution in [1.82, 2.24) is 19.5 Å².